The summed E-state index contributed by atoms with van der Waals surface area (Å²) in [6, 6.07) is 8.38. The first-order chi connectivity index (χ1) is 9.22. The molecule has 0 bridgehead atoms. The maximum absolute atomic E-state index is 4.33. The highest BCUT2D eigenvalue weighted by molar-refractivity contribution is 9.10. The lowest BCUT2D eigenvalue weighted by atomic mass is 9.95. The quantitative estimate of drug-likeness (QED) is 0.888. The van der Waals surface area contributed by atoms with Crippen LogP contribution in [0.15, 0.2) is 35.1 Å². The Balaban J connectivity index is 2.21. The number of rotatable bonds is 6. The molecular formula is C14H19BrN4. The van der Waals surface area contributed by atoms with E-state index in [1.54, 1.807) is 6.33 Å². The molecule has 0 amide bonds. The Labute approximate surface area is 122 Å². The van der Waals surface area contributed by atoms with Gasteiger partial charge < -0.3 is 5.32 Å². The lowest BCUT2D eigenvalue weighted by Gasteiger charge is -2.18. The van der Waals surface area contributed by atoms with Gasteiger partial charge in [-0.25, -0.2) is 4.98 Å². The summed E-state index contributed by atoms with van der Waals surface area (Å²) < 4.78 is 3.00. The second kappa shape index (κ2) is 6.82. The number of hydrogen-bond donors (Lipinski definition) is 1. The summed E-state index contributed by atoms with van der Waals surface area (Å²) in [4.78, 5) is 4.33. The van der Waals surface area contributed by atoms with Crippen LogP contribution in [0.3, 0.4) is 0 Å². The molecule has 2 rings (SSSR count). The fourth-order valence-electron chi connectivity index (χ4n) is 2.14. The average molecular weight is 323 g/mol. The van der Waals surface area contributed by atoms with Gasteiger partial charge in [-0.2, -0.15) is 5.10 Å². The molecule has 0 aliphatic carbocycles. The van der Waals surface area contributed by atoms with Gasteiger partial charge in [-0.05, 0) is 18.2 Å². The minimum atomic E-state index is 0.387. The first kappa shape index (κ1) is 14.2. The molecule has 1 unspecified atom stereocenters. The molecule has 1 aromatic heterocycles. The van der Waals surface area contributed by atoms with E-state index >= 15 is 0 Å². The van der Waals surface area contributed by atoms with Crippen molar-refractivity contribution in [3.05, 3.63) is 46.5 Å². The summed E-state index contributed by atoms with van der Waals surface area (Å²) in [5.74, 6) is 1.40. The molecule has 1 heterocycles. The van der Waals surface area contributed by atoms with Crippen LogP contribution in [0, 0.1) is 0 Å². The smallest absolute Gasteiger partial charge is 0.138 e. The zero-order chi connectivity index (χ0) is 13.7. The molecule has 5 heteroatoms. The Hall–Kier alpha value is -1.20. The summed E-state index contributed by atoms with van der Waals surface area (Å²) in [5.41, 5.74) is 1.31. The van der Waals surface area contributed by atoms with E-state index in [1.807, 2.05) is 17.8 Å². The van der Waals surface area contributed by atoms with Crippen LogP contribution in [-0.2, 0) is 13.5 Å². The SMILES string of the molecule is CCNCC(Cc1ncnn1C)c1ccccc1Br. The minimum Gasteiger partial charge on any atom is -0.316 e. The Kier molecular flexibility index (Phi) is 5.10. The molecule has 0 saturated carbocycles. The number of aryl methyl sites for hydroxylation is 1. The summed E-state index contributed by atoms with van der Waals surface area (Å²) in [5, 5.41) is 7.57. The van der Waals surface area contributed by atoms with Crippen LogP contribution in [0.2, 0.25) is 0 Å². The molecular weight excluding hydrogens is 304 g/mol. The molecule has 0 saturated heterocycles. The molecule has 102 valence electrons. The lowest BCUT2D eigenvalue weighted by molar-refractivity contribution is 0.562. The Morgan fingerprint density at radius 3 is 2.79 bits per heavy atom. The van der Waals surface area contributed by atoms with Crippen molar-refractivity contribution in [3.8, 4) is 0 Å². The van der Waals surface area contributed by atoms with Gasteiger partial charge >= 0.3 is 0 Å². The van der Waals surface area contributed by atoms with Crippen LogP contribution >= 0.6 is 15.9 Å². The predicted molar refractivity (Wildman–Crippen MR) is 80.1 cm³/mol. The number of benzene rings is 1. The highest BCUT2D eigenvalue weighted by atomic mass is 79.9. The first-order valence-corrected chi connectivity index (χ1v) is 7.29. The van der Waals surface area contributed by atoms with Crippen molar-refractivity contribution in [1.82, 2.24) is 20.1 Å². The summed E-state index contributed by atoms with van der Waals surface area (Å²) in [6.45, 7) is 4.03. The average Bonchev–Trinajstić information content (AvgIpc) is 2.81. The Morgan fingerprint density at radius 2 is 2.16 bits per heavy atom. The number of nitrogens with one attached hydrogen (secondary N) is 1. The molecule has 0 aliphatic heterocycles. The van der Waals surface area contributed by atoms with E-state index in [0.717, 1.165) is 29.8 Å². The van der Waals surface area contributed by atoms with Crippen LogP contribution in [0.4, 0.5) is 0 Å². The molecule has 19 heavy (non-hydrogen) atoms. The van der Waals surface area contributed by atoms with Gasteiger partial charge in [-0.15, -0.1) is 0 Å². The molecule has 0 spiro atoms. The Bertz CT molecular complexity index is 524. The second-order valence-electron chi connectivity index (χ2n) is 4.53. The maximum Gasteiger partial charge on any atom is 0.138 e. The minimum absolute atomic E-state index is 0.387. The van der Waals surface area contributed by atoms with Crippen molar-refractivity contribution in [2.24, 2.45) is 7.05 Å². The topological polar surface area (TPSA) is 42.7 Å². The molecule has 0 fully saturated rings. The van der Waals surface area contributed by atoms with E-state index in [4.69, 9.17) is 0 Å². The highest BCUT2D eigenvalue weighted by Crippen LogP contribution is 2.26. The van der Waals surface area contributed by atoms with Gasteiger partial charge in [0.2, 0.25) is 0 Å². The largest absolute Gasteiger partial charge is 0.316 e. The summed E-state index contributed by atoms with van der Waals surface area (Å²) in [7, 11) is 1.94. The van der Waals surface area contributed by atoms with E-state index in [9.17, 15) is 0 Å². The van der Waals surface area contributed by atoms with Crippen LogP contribution in [-0.4, -0.2) is 27.9 Å². The Morgan fingerprint density at radius 1 is 1.37 bits per heavy atom. The summed E-state index contributed by atoms with van der Waals surface area (Å²) in [6.07, 6.45) is 2.49. The van der Waals surface area contributed by atoms with Crippen molar-refractivity contribution in [2.75, 3.05) is 13.1 Å². The van der Waals surface area contributed by atoms with Gasteiger partial charge in [0, 0.05) is 30.4 Å². The van der Waals surface area contributed by atoms with Crippen molar-refractivity contribution in [3.63, 3.8) is 0 Å². The van der Waals surface area contributed by atoms with Gasteiger partial charge in [0.1, 0.15) is 12.2 Å². The zero-order valence-electron chi connectivity index (χ0n) is 11.3. The van der Waals surface area contributed by atoms with Crippen molar-refractivity contribution in [2.45, 2.75) is 19.3 Å². The van der Waals surface area contributed by atoms with Crippen molar-refractivity contribution < 1.29 is 0 Å². The van der Waals surface area contributed by atoms with Gasteiger partial charge in [0.25, 0.3) is 0 Å². The third-order valence-electron chi connectivity index (χ3n) is 3.22. The molecule has 4 nitrogen and oxygen atoms in total. The van der Waals surface area contributed by atoms with Crippen molar-refractivity contribution in [1.29, 1.82) is 0 Å². The standard InChI is InChI=1S/C14H19BrN4/c1-3-16-9-11(8-14-17-10-18-19(14)2)12-6-4-5-7-13(12)15/h4-7,10-11,16H,3,8-9H2,1-2H3. The lowest BCUT2D eigenvalue weighted by Crippen LogP contribution is -2.24. The first-order valence-electron chi connectivity index (χ1n) is 6.50. The van der Waals surface area contributed by atoms with E-state index in [1.165, 1.54) is 5.56 Å². The van der Waals surface area contributed by atoms with Gasteiger partial charge in [-0.3, -0.25) is 4.68 Å². The fourth-order valence-corrected chi connectivity index (χ4v) is 2.75. The molecule has 0 radical (unpaired) electrons. The number of nitrogens with zero attached hydrogens (tertiary/aromatic N) is 3. The van der Waals surface area contributed by atoms with Gasteiger partial charge in [0.15, 0.2) is 0 Å². The monoisotopic (exact) mass is 322 g/mol. The van der Waals surface area contributed by atoms with E-state index in [-0.39, 0.29) is 0 Å². The fraction of sp³-hybridized carbons (Fsp3) is 0.429. The van der Waals surface area contributed by atoms with E-state index in [0.29, 0.717) is 5.92 Å². The van der Waals surface area contributed by atoms with Crippen LogP contribution in [0.1, 0.15) is 24.2 Å². The van der Waals surface area contributed by atoms with E-state index in [2.05, 4.69) is 56.5 Å². The zero-order valence-corrected chi connectivity index (χ0v) is 12.9. The molecule has 1 N–H and O–H groups in total. The third kappa shape index (κ3) is 3.64. The van der Waals surface area contributed by atoms with Crippen molar-refractivity contribution >= 4 is 15.9 Å². The van der Waals surface area contributed by atoms with Gasteiger partial charge in [-0.1, -0.05) is 41.1 Å². The number of hydrogen-bond acceptors (Lipinski definition) is 3. The maximum atomic E-state index is 4.33. The second-order valence-corrected chi connectivity index (χ2v) is 5.38. The molecule has 1 atom stereocenters. The van der Waals surface area contributed by atoms with Gasteiger partial charge in [0.05, 0.1) is 0 Å². The number of aromatic nitrogens is 3. The van der Waals surface area contributed by atoms with E-state index < -0.39 is 0 Å². The number of halogens is 1. The normalized spacial score (nSPS) is 12.6. The molecule has 1 aromatic carbocycles. The van der Waals surface area contributed by atoms with Crippen LogP contribution in [0.5, 0.6) is 0 Å². The summed E-state index contributed by atoms with van der Waals surface area (Å²) >= 11 is 3.64. The number of likely N-dealkylation sites (N-methyl/N-ethyl adjacent to an activating group) is 1. The van der Waals surface area contributed by atoms with Crippen LogP contribution < -0.4 is 5.32 Å². The molecule has 2 aromatic rings. The highest BCUT2D eigenvalue weighted by Gasteiger charge is 2.17. The molecule has 0 aliphatic rings. The third-order valence-corrected chi connectivity index (χ3v) is 3.94. The van der Waals surface area contributed by atoms with Crippen LogP contribution in [0.25, 0.3) is 0 Å². The predicted octanol–water partition coefficient (Wildman–Crippen LogP) is 2.51.